The molecule has 0 unspecified atom stereocenters. The molecule has 0 aliphatic heterocycles. The van der Waals surface area contributed by atoms with E-state index in [1.165, 1.54) is 41.3 Å². The van der Waals surface area contributed by atoms with Gasteiger partial charge in [-0.1, -0.05) is 70.8 Å². The van der Waals surface area contributed by atoms with Crippen molar-refractivity contribution in [2.45, 2.75) is 41.5 Å². The summed E-state index contributed by atoms with van der Waals surface area (Å²) in [7, 11) is 0. The first-order valence-electron chi connectivity index (χ1n) is 8.68. The number of hydrogen-bond acceptors (Lipinski definition) is 0. The molecule has 0 fully saturated rings. The summed E-state index contributed by atoms with van der Waals surface area (Å²) in [5.74, 6) is -0.949. The van der Waals surface area contributed by atoms with Gasteiger partial charge in [-0.05, 0) is 59.2 Å². The average molecular weight is 354 g/mol. The van der Waals surface area contributed by atoms with Gasteiger partial charge in [-0.15, -0.1) is 0 Å². The maximum Gasteiger partial charge on any atom is 0.129 e. The van der Waals surface area contributed by atoms with Crippen LogP contribution in [0.1, 0.15) is 33.4 Å². The third-order valence-corrected chi connectivity index (χ3v) is 3.86. The van der Waals surface area contributed by atoms with Crippen molar-refractivity contribution >= 4 is 0 Å². The Hall–Kier alpha value is -2.48. The van der Waals surface area contributed by atoms with Crippen molar-refractivity contribution in [2.75, 3.05) is 0 Å². The summed E-state index contributed by atoms with van der Waals surface area (Å²) in [6.07, 6.45) is 0. The molecule has 0 atom stereocenters. The highest BCUT2D eigenvalue weighted by atomic mass is 19.1. The molecule has 0 radical (unpaired) electrons. The molecular formula is C24H28F2. The summed E-state index contributed by atoms with van der Waals surface area (Å²) in [4.78, 5) is 0. The number of hydrogen-bond donors (Lipinski definition) is 0. The quantitative estimate of drug-likeness (QED) is 0.401. The van der Waals surface area contributed by atoms with Gasteiger partial charge < -0.3 is 0 Å². The van der Waals surface area contributed by atoms with Gasteiger partial charge in [0.15, 0.2) is 0 Å². The zero-order valence-corrected chi connectivity index (χ0v) is 16.5. The van der Waals surface area contributed by atoms with Crippen LogP contribution in [-0.2, 0) is 0 Å². The molecule has 0 bridgehead atoms. The van der Waals surface area contributed by atoms with Gasteiger partial charge >= 0.3 is 0 Å². The fourth-order valence-corrected chi connectivity index (χ4v) is 2.05. The van der Waals surface area contributed by atoms with E-state index in [4.69, 9.17) is 0 Å². The first kappa shape index (κ1) is 21.6. The predicted molar refractivity (Wildman–Crippen MR) is 108 cm³/mol. The Kier molecular flexibility index (Phi) is 8.71. The molecule has 0 aliphatic carbocycles. The van der Waals surface area contributed by atoms with Gasteiger partial charge in [-0.25, -0.2) is 8.78 Å². The highest BCUT2D eigenvalue weighted by Gasteiger charge is 2.02. The van der Waals surface area contributed by atoms with Gasteiger partial charge in [0, 0.05) is 5.56 Å². The molecular weight excluding hydrogens is 326 g/mol. The lowest BCUT2D eigenvalue weighted by Crippen LogP contribution is -1.88. The van der Waals surface area contributed by atoms with E-state index >= 15 is 0 Å². The molecule has 0 aliphatic rings. The summed E-state index contributed by atoms with van der Waals surface area (Å²) < 4.78 is 25.2. The molecule has 3 rings (SSSR count). The van der Waals surface area contributed by atoms with E-state index in [2.05, 4.69) is 76.2 Å². The van der Waals surface area contributed by atoms with Crippen LogP contribution in [-0.4, -0.2) is 0 Å². The Morgan fingerprint density at radius 2 is 0.654 bits per heavy atom. The maximum absolute atomic E-state index is 12.6. The fourth-order valence-electron chi connectivity index (χ4n) is 2.05. The van der Waals surface area contributed by atoms with Crippen LogP contribution in [0, 0.1) is 53.2 Å². The van der Waals surface area contributed by atoms with Crippen LogP contribution in [0.4, 0.5) is 8.78 Å². The first-order chi connectivity index (χ1) is 12.2. The first-order valence-corrected chi connectivity index (χ1v) is 8.68. The van der Waals surface area contributed by atoms with Gasteiger partial charge in [-0.3, -0.25) is 0 Å². The van der Waals surface area contributed by atoms with Crippen molar-refractivity contribution < 1.29 is 8.78 Å². The summed E-state index contributed by atoms with van der Waals surface area (Å²) in [6.45, 7) is 11.5. The van der Waals surface area contributed by atoms with Crippen LogP contribution in [0.15, 0.2) is 60.7 Å². The van der Waals surface area contributed by atoms with E-state index in [0.717, 1.165) is 0 Å². The molecule has 0 nitrogen and oxygen atoms in total. The van der Waals surface area contributed by atoms with Crippen molar-refractivity contribution in [1.82, 2.24) is 0 Å². The topological polar surface area (TPSA) is 0 Å². The molecule has 138 valence electrons. The number of halogens is 2. The van der Waals surface area contributed by atoms with Gasteiger partial charge in [-0.2, -0.15) is 0 Å². The fraction of sp³-hybridized carbons (Fsp3) is 0.250. The lowest BCUT2D eigenvalue weighted by Gasteiger charge is -1.98. The number of aryl methyl sites for hydroxylation is 5. The largest absolute Gasteiger partial charge is 0.207 e. The van der Waals surface area contributed by atoms with Gasteiger partial charge in [0.05, 0.1) is 0 Å². The van der Waals surface area contributed by atoms with Crippen molar-refractivity contribution in [3.05, 3.63) is 106 Å². The zero-order valence-electron chi connectivity index (χ0n) is 16.5. The average Bonchev–Trinajstić information content (AvgIpc) is 2.59. The molecule has 0 spiro atoms. The molecule has 0 saturated carbocycles. The Balaban J connectivity index is 0.000000197. The third kappa shape index (κ3) is 8.06. The number of benzene rings is 3. The van der Waals surface area contributed by atoms with E-state index in [9.17, 15) is 8.78 Å². The van der Waals surface area contributed by atoms with Crippen LogP contribution in [0.25, 0.3) is 0 Å². The maximum atomic E-state index is 12.6. The molecule has 0 amide bonds. The highest BCUT2D eigenvalue weighted by Crippen LogP contribution is 2.12. The van der Waals surface area contributed by atoms with Crippen LogP contribution < -0.4 is 0 Å². The monoisotopic (exact) mass is 354 g/mol. The summed E-state index contributed by atoms with van der Waals surface area (Å²) >= 11 is 0. The van der Waals surface area contributed by atoms with Gasteiger partial charge in [0.1, 0.15) is 11.6 Å². The van der Waals surface area contributed by atoms with E-state index in [1.807, 2.05) is 0 Å². The van der Waals surface area contributed by atoms with Gasteiger partial charge in [0.2, 0.25) is 0 Å². The molecule has 3 aromatic carbocycles. The molecule has 0 heterocycles. The van der Waals surface area contributed by atoms with E-state index in [-0.39, 0.29) is 5.56 Å². The minimum absolute atomic E-state index is 0.0885. The molecule has 0 N–H and O–H groups in total. The molecule has 26 heavy (non-hydrogen) atoms. The lowest BCUT2D eigenvalue weighted by molar-refractivity contribution is 0.566. The predicted octanol–water partition coefficient (Wildman–Crippen LogP) is 7.19. The smallest absolute Gasteiger partial charge is 0.129 e. The van der Waals surface area contributed by atoms with Crippen molar-refractivity contribution in [2.24, 2.45) is 0 Å². The Labute approximate surface area is 156 Å². The van der Waals surface area contributed by atoms with Gasteiger partial charge in [0.25, 0.3) is 0 Å². The van der Waals surface area contributed by atoms with E-state index < -0.39 is 11.6 Å². The minimum Gasteiger partial charge on any atom is -0.207 e. The summed E-state index contributed by atoms with van der Waals surface area (Å²) in [5.41, 5.74) is 6.02. The highest BCUT2D eigenvalue weighted by molar-refractivity contribution is 5.24. The molecule has 0 saturated heterocycles. The lowest BCUT2D eigenvalue weighted by atomic mass is 10.1. The summed E-state index contributed by atoms with van der Waals surface area (Å²) in [6, 6.07) is 19.6. The Morgan fingerprint density at radius 1 is 0.423 bits per heavy atom. The van der Waals surface area contributed by atoms with E-state index in [0.29, 0.717) is 5.56 Å². The second kappa shape index (κ2) is 10.5. The van der Waals surface area contributed by atoms with Crippen molar-refractivity contribution in [3.63, 3.8) is 0 Å². The van der Waals surface area contributed by atoms with E-state index in [1.54, 1.807) is 6.92 Å². The third-order valence-electron chi connectivity index (χ3n) is 3.86. The SMILES string of the molecule is Cc1cc(F)c(C)c(F)c1.Cc1ccc(C)cc1.Cc1ccc(C)cc1. The van der Waals surface area contributed by atoms with Crippen molar-refractivity contribution in [3.8, 4) is 0 Å². The van der Waals surface area contributed by atoms with Crippen LogP contribution in [0.5, 0.6) is 0 Å². The second-order valence-corrected chi connectivity index (χ2v) is 6.66. The normalized spacial score (nSPS) is 9.54. The van der Waals surface area contributed by atoms with Crippen LogP contribution >= 0.6 is 0 Å². The molecule has 0 aromatic heterocycles. The second-order valence-electron chi connectivity index (χ2n) is 6.66. The number of rotatable bonds is 0. The van der Waals surface area contributed by atoms with Crippen LogP contribution in [0.3, 0.4) is 0 Å². The summed E-state index contributed by atoms with van der Waals surface area (Å²) in [5, 5.41) is 0. The molecule has 2 heteroatoms. The van der Waals surface area contributed by atoms with Crippen molar-refractivity contribution in [1.29, 1.82) is 0 Å². The zero-order chi connectivity index (χ0) is 19.7. The van der Waals surface area contributed by atoms with Crippen LogP contribution in [0.2, 0.25) is 0 Å². The molecule has 3 aromatic rings. The standard InChI is InChI=1S/C8H8F2.2C8H10/c1-5-3-7(9)6(2)8(10)4-5;2*1-7-3-5-8(2)6-4-7/h3-4H,1-2H3;2*3-6H,1-2H3. The Bertz CT molecular complexity index is 692. The Morgan fingerprint density at radius 3 is 0.885 bits per heavy atom. The minimum atomic E-state index is -0.475.